The Morgan fingerprint density at radius 2 is 2.36 bits per heavy atom. The molecule has 3 heterocycles. The van der Waals surface area contributed by atoms with Crippen LogP contribution in [-0.2, 0) is 17.7 Å². The zero-order valence-electron chi connectivity index (χ0n) is 13.0. The molecule has 0 radical (unpaired) electrons. The average molecular weight is 436 g/mol. The van der Waals surface area contributed by atoms with Gasteiger partial charge < -0.3 is 15.4 Å². The van der Waals surface area contributed by atoms with Gasteiger partial charge in [-0.2, -0.15) is 0 Å². The normalized spacial score (nSPS) is 23.0. The molecular formula is C15H25IN4OS. The first kappa shape index (κ1) is 18.0. The summed E-state index contributed by atoms with van der Waals surface area (Å²) in [5.41, 5.74) is 7.58. The molecule has 0 aliphatic carbocycles. The summed E-state index contributed by atoms with van der Waals surface area (Å²) in [6.45, 7) is 8.46. The predicted molar refractivity (Wildman–Crippen MR) is 102 cm³/mol. The van der Waals surface area contributed by atoms with Crippen molar-refractivity contribution in [1.29, 1.82) is 0 Å². The van der Waals surface area contributed by atoms with Crippen LogP contribution in [0.4, 0.5) is 0 Å². The van der Waals surface area contributed by atoms with Gasteiger partial charge in [-0.05, 0) is 30.4 Å². The van der Waals surface area contributed by atoms with Gasteiger partial charge in [0.2, 0.25) is 0 Å². The zero-order valence-corrected chi connectivity index (χ0v) is 16.2. The first-order valence-corrected chi connectivity index (χ1v) is 8.54. The van der Waals surface area contributed by atoms with Gasteiger partial charge in [0.05, 0.1) is 19.3 Å². The van der Waals surface area contributed by atoms with Crippen LogP contribution in [0.3, 0.4) is 0 Å². The summed E-state index contributed by atoms with van der Waals surface area (Å²) in [7, 11) is 0. The van der Waals surface area contributed by atoms with Crippen molar-refractivity contribution in [2.45, 2.75) is 26.0 Å². The topological polar surface area (TPSA) is 54.1 Å². The number of nitrogens with two attached hydrogens (primary N) is 1. The number of fused-ring (bicyclic) bond motifs is 1. The Hall–Kier alpha value is -0.380. The van der Waals surface area contributed by atoms with E-state index < -0.39 is 0 Å². The van der Waals surface area contributed by atoms with Gasteiger partial charge in [-0.3, -0.25) is 9.89 Å². The van der Waals surface area contributed by atoms with E-state index in [0.717, 1.165) is 45.9 Å². The van der Waals surface area contributed by atoms with Gasteiger partial charge in [0.25, 0.3) is 0 Å². The van der Waals surface area contributed by atoms with Crippen molar-refractivity contribution in [2.75, 3.05) is 39.3 Å². The van der Waals surface area contributed by atoms with E-state index >= 15 is 0 Å². The Balaban J connectivity index is 0.00000176. The SMILES string of the molecule is CC1CN(C(N)=NCCN2CCc3sccc3C2)CCO1.I. The quantitative estimate of drug-likeness (QED) is 0.446. The molecule has 22 heavy (non-hydrogen) atoms. The molecule has 1 fully saturated rings. The van der Waals surface area contributed by atoms with Crippen LogP contribution in [0, 0.1) is 0 Å². The zero-order chi connectivity index (χ0) is 14.7. The summed E-state index contributed by atoms with van der Waals surface area (Å²) >= 11 is 1.88. The maximum absolute atomic E-state index is 6.09. The monoisotopic (exact) mass is 436 g/mol. The number of ether oxygens (including phenoxy) is 1. The van der Waals surface area contributed by atoms with E-state index in [9.17, 15) is 0 Å². The fraction of sp³-hybridized carbons (Fsp3) is 0.667. The lowest BCUT2D eigenvalue weighted by Crippen LogP contribution is -2.48. The first-order chi connectivity index (χ1) is 10.2. The molecule has 2 N–H and O–H groups in total. The van der Waals surface area contributed by atoms with Gasteiger partial charge in [-0.25, -0.2) is 0 Å². The molecule has 1 aromatic heterocycles. The third-order valence-electron chi connectivity index (χ3n) is 4.14. The smallest absolute Gasteiger partial charge is 0.191 e. The highest BCUT2D eigenvalue weighted by Crippen LogP contribution is 2.23. The molecule has 2 aliphatic rings. The van der Waals surface area contributed by atoms with E-state index in [-0.39, 0.29) is 30.1 Å². The lowest BCUT2D eigenvalue weighted by atomic mass is 10.1. The van der Waals surface area contributed by atoms with Gasteiger partial charge in [0, 0.05) is 37.6 Å². The summed E-state index contributed by atoms with van der Waals surface area (Å²) in [5, 5.41) is 2.20. The van der Waals surface area contributed by atoms with Crippen LogP contribution in [0.5, 0.6) is 0 Å². The highest BCUT2D eigenvalue weighted by atomic mass is 127. The third kappa shape index (κ3) is 4.56. The largest absolute Gasteiger partial charge is 0.375 e. The second kappa shape index (κ2) is 8.47. The molecule has 0 spiro atoms. The van der Waals surface area contributed by atoms with Crippen LogP contribution in [0.2, 0.25) is 0 Å². The van der Waals surface area contributed by atoms with E-state index in [2.05, 4.69) is 33.2 Å². The van der Waals surface area contributed by atoms with Crippen molar-refractivity contribution in [3.63, 3.8) is 0 Å². The molecule has 2 aliphatic heterocycles. The Kier molecular flexibility index (Phi) is 6.91. The number of guanidine groups is 1. The number of thiophene rings is 1. The number of morpholine rings is 1. The molecule has 0 amide bonds. The fourth-order valence-corrected chi connectivity index (χ4v) is 3.82. The molecule has 1 saturated heterocycles. The summed E-state index contributed by atoms with van der Waals surface area (Å²) in [6, 6.07) is 2.25. The Morgan fingerprint density at radius 1 is 1.50 bits per heavy atom. The highest BCUT2D eigenvalue weighted by molar-refractivity contribution is 14.0. The number of nitrogens with zero attached hydrogens (tertiary/aromatic N) is 3. The van der Waals surface area contributed by atoms with Crippen LogP contribution in [0.15, 0.2) is 16.4 Å². The number of aliphatic imine (C=N–C) groups is 1. The predicted octanol–water partition coefficient (Wildman–Crippen LogP) is 1.76. The van der Waals surface area contributed by atoms with Crippen LogP contribution >= 0.6 is 35.3 Å². The van der Waals surface area contributed by atoms with Crippen molar-refractivity contribution in [1.82, 2.24) is 9.80 Å². The first-order valence-electron chi connectivity index (χ1n) is 7.66. The highest BCUT2D eigenvalue weighted by Gasteiger charge is 2.19. The molecule has 124 valence electrons. The van der Waals surface area contributed by atoms with Crippen molar-refractivity contribution >= 4 is 41.3 Å². The van der Waals surface area contributed by atoms with E-state index in [4.69, 9.17) is 10.5 Å². The van der Waals surface area contributed by atoms with Gasteiger partial charge in [-0.15, -0.1) is 35.3 Å². The van der Waals surface area contributed by atoms with Gasteiger partial charge in [-0.1, -0.05) is 0 Å². The minimum Gasteiger partial charge on any atom is -0.375 e. The van der Waals surface area contributed by atoms with Crippen LogP contribution in [0.1, 0.15) is 17.4 Å². The Morgan fingerprint density at radius 3 is 3.18 bits per heavy atom. The Bertz CT molecular complexity index is 507. The molecule has 7 heteroatoms. The molecule has 3 rings (SSSR count). The van der Waals surface area contributed by atoms with Crippen LogP contribution < -0.4 is 5.73 Å². The number of hydrogen-bond donors (Lipinski definition) is 1. The number of hydrogen-bond acceptors (Lipinski definition) is 4. The van der Waals surface area contributed by atoms with Crippen LogP contribution in [-0.4, -0.2) is 61.2 Å². The maximum atomic E-state index is 6.09. The van der Waals surface area contributed by atoms with Gasteiger partial charge in [0.15, 0.2) is 5.96 Å². The molecule has 5 nitrogen and oxygen atoms in total. The van der Waals surface area contributed by atoms with Crippen molar-refractivity contribution in [3.05, 3.63) is 21.9 Å². The van der Waals surface area contributed by atoms with E-state index in [1.807, 2.05) is 11.3 Å². The summed E-state index contributed by atoms with van der Waals surface area (Å²) in [4.78, 5) is 10.7. The van der Waals surface area contributed by atoms with Crippen molar-refractivity contribution < 1.29 is 4.74 Å². The summed E-state index contributed by atoms with van der Waals surface area (Å²) in [6.07, 6.45) is 1.42. The Labute approximate surface area is 153 Å². The number of rotatable bonds is 3. The van der Waals surface area contributed by atoms with Crippen molar-refractivity contribution in [2.24, 2.45) is 10.7 Å². The summed E-state index contributed by atoms with van der Waals surface area (Å²) < 4.78 is 5.52. The minimum atomic E-state index is 0. The van der Waals surface area contributed by atoms with E-state index in [0.29, 0.717) is 5.96 Å². The standard InChI is InChI=1S/C15H24N4OS.HI/c1-12-10-19(7-8-20-12)15(16)17-4-6-18-5-2-14-13(11-18)3-9-21-14;/h3,9,12H,2,4-8,10-11H2,1H3,(H2,16,17);1H. The molecule has 1 unspecified atom stereocenters. The molecule has 1 aromatic rings. The summed E-state index contributed by atoms with van der Waals surface area (Å²) in [5.74, 6) is 0.665. The third-order valence-corrected chi connectivity index (χ3v) is 5.16. The molecule has 0 bridgehead atoms. The van der Waals surface area contributed by atoms with Crippen LogP contribution in [0.25, 0.3) is 0 Å². The number of halogens is 1. The minimum absolute atomic E-state index is 0. The second-order valence-corrected chi connectivity index (χ2v) is 6.76. The van der Waals surface area contributed by atoms with Gasteiger partial charge >= 0.3 is 0 Å². The average Bonchev–Trinajstić information content (AvgIpc) is 2.94. The van der Waals surface area contributed by atoms with Gasteiger partial charge in [0.1, 0.15) is 0 Å². The van der Waals surface area contributed by atoms with Crippen molar-refractivity contribution in [3.8, 4) is 0 Å². The molecule has 1 atom stereocenters. The van der Waals surface area contributed by atoms with E-state index in [1.54, 1.807) is 4.88 Å². The molecular weight excluding hydrogens is 411 g/mol. The molecule has 0 saturated carbocycles. The molecule has 0 aromatic carbocycles. The lowest BCUT2D eigenvalue weighted by Gasteiger charge is -2.32. The second-order valence-electron chi connectivity index (χ2n) is 5.76. The lowest BCUT2D eigenvalue weighted by molar-refractivity contribution is 0.00528. The fourth-order valence-electron chi connectivity index (χ4n) is 2.93. The van der Waals surface area contributed by atoms with E-state index in [1.165, 1.54) is 12.0 Å². The maximum Gasteiger partial charge on any atom is 0.191 e.